The number of thiol groups is 1. The SMILES string of the molecule is CCOC(=O)NC(CS)=NC(=O)OC. The van der Waals surface area contributed by atoms with Crippen molar-refractivity contribution in [3.8, 4) is 0 Å². The highest BCUT2D eigenvalue weighted by molar-refractivity contribution is 7.81. The lowest BCUT2D eigenvalue weighted by Gasteiger charge is -2.05. The van der Waals surface area contributed by atoms with Gasteiger partial charge in [0.1, 0.15) is 5.84 Å². The van der Waals surface area contributed by atoms with Crippen LogP contribution in [0.4, 0.5) is 9.59 Å². The largest absolute Gasteiger partial charge is 0.451 e. The molecule has 6 nitrogen and oxygen atoms in total. The highest BCUT2D eigenvalue weighted by atomic mass is 32.1. The molecule has 0 aliphatic carbocycles. The zero-order chi connectivity index (χ0) is 11.0. The molecule has 2 amide bonds. The molecule has 0 unspecified atom stereocenters. The average Bonchev–Trinajstić information content (AvgIpc) is 2.16. The summed E-state index contributed by atoms with van der Waals surface area (Å²) in [6.07, 6.45) is -1.48. The molecule has 0 aromatic heterocycles. The molecule has 0 saturated carbocycles. The Labute approximate surface area is 87.1 Å². The average molecular weight is 220 g/mol. The Kier molecular flexibility index (Phi) is 6.55. The van der Waals surface area contributed by atoms with E-state index >= 15 is 0 Å². The van der Waals surface area contributed by atoms with Crippen LogP contribution in [-0.4, -0.2) is 37.5 Å². The molecule has 14 heavy (non-hydrogen) atoms. The van der Waals surface area contributed by atoms with Crippen molar-refractivity contribution in [2.45, 2.75) is 6.92 Å². The van der Waals surface area contributed by atoms with E-state index in [9.17, 15) is 9.59 Å². The summed E-state index contributed by atoms with van der Waals surface area (Å²) in [5.74, 6) is 0.187. The minimum atomic E-state index is -0.800. The van der Waals surface area contributed by atoms with Crippen LogP contribution in [0.5, 0.6) is 0 Å². The summed E-state index contributed by atoms with van der Waals surface area (Å²) in [4.78, 5) is 25.0. The van der Waals surface area contributed by atoms with E-state index in [0.29, 0.717) is 0 Å². The van der Waals surface area contributed by atoms with E-state index in [4.69, 9.17) is 0 Å². The smallest absolute Gasteiger partial charge is 0.435 e. The highest BCUT2D eigenvalue weighted by Gasteiger charge is 2.06. The maximum absolute atomic E-state index is 10.9. The third-order valence-corrected chi connectivity index (χ3v) is 1.37. The predicted molar refractivity (Wildman–Crippen MR) is 53.9 cm³/mol. The molecule has 0 bridgehead atoms. The van der Waals surface area contributed by atoms with Gasteiger partial charge in [-0.1, -0.05) is 0 Å². The number of carbonyl (C=O) groups is 2. The van der Waals surface area contributed by atoms with Gasteiger partial charge in [0.05, 0.1) is 13.7 Å². The molecule has 0 fully saturated rings. The monoisotopic (exact) mass is 220 g/mol. The van der Waals surface area contributed by atoms with E-state index in [0.717, 1.165) is 0 Å². The number of amidine groups is 1. The summed E-state index contributed by atoms with van der Waals surface area (Å²) < 4.78 is 8.84. The van der Waals surface area contributed by atoms with Crippen molar-refractivity contribution >= 4 is 30.7 Å². The van der Waals surface area contributed by atoms with Crippen molar-refractivity contribution in [2.24, 2.45) is 4.99 Å². The number of ether oxygens (including phenoxy) is 2. The van der Waals surface area contributed by atoms with Gasteiger partial charge in [0, 0.05) is 5.75 Å². The molecule has 7 heteroatoms. The van der Waals surface area contributed by atoms with Gasteiger partial charge in [-0.25, -0.2) is 9.59 Å². The molecule has 0 heterocycles. The zero-order valence-electron chi connectivity index (χ0n) is 7.94. The van der Waals surface area contributed by atoms with Gasteiger partial charge >= 0.3 is 12.2 Å². The molecule has 1 N–H and O–H groups in total. The van der Waals surface area contributed by atoms with Gasteiger partial charge in [0.25, 0.3) is 0 Å². The zero-order valence-corrected chi connectivity index (χ0v) is 8.84. The van der Waals surface area contributed by atoms with E-state index in [2.05, 4.69) is 32.4 Å². The molecule has 0 saturated heterocycles. The minimum Gasteiger partial charge on any atom is -0.451 e. The maximum Gasteiger partial charge on any atom is 0.435 e. The number of aliphatic imine (C=N–C) groups is 1. The topological polar surface area (TPSA) is 77.0 Å². The number of alkyl carbamates (subject to hydrolysis) is 1. The molecule has 0 radical (unpaired) electrons. The van der Waals surface area contributed by atoms with E-state index in [1.807, 2.05) is 0 Å². The number of nitrogens with one attached hydrogen (secondary N) is 1. The van der Waals surface area contributed by atoms with Gasteiger partial charge in [-0.2, -0.15) is 17.6 Å². The first-order valence-corrected chi connectivity index (χ1v) is 4.47. The van der Waals surface area contributed by atoms with Gasteiger partial charge in [0.2, 0.25) is 0 Å². The van der Waals surface area contributed by atoms with Crippen LogP contribution in [0.3, 0.4) is 0 Å². The standard InChI is InChI=1S/C7H12N2O4S/c1-3-13-7(11)9-5(4-14)8-6(10)12-2/h14H,3-4H2,1-2H3,(H,8,9,10,11). The Morgan fingerprint density at radius 3 is 2.57 bits per heavy atom. The molecule has 0 aliphatic heterocycles. The van der Waals surface area contributed by atoms with Gasteiger partial charge in [0.15, 0.2) is 0 Å². The van der Waals surface area contributed by atoms with Crippen LogP contribution in [0.15, 0.2) is 4.99 Å². The van der Waals surface area contributed by atoms with Crippen LogP contribution >= 0.6 is 12.6 Å². The fourth-order valence-electron chi connectivity index (χ4n) is 0.544. The van der Waals surface area contributed by atoms with Gasteiger partial charge < -0.3 is 9.47 Å². The third kappa shape index (κ3) is 5.41. The summed E-state index contributed by atoms with van der Waals surface area (Å²) in [5, 5.41) is 2.24. The molecule has 0 aliphatic rings. The number of carbonyl (C=O) groups excluding carboxylic acids is 2. The van der Waals surface area contributed by atoms with Crippen molar-refractivity contribution in [1.29, 1.82) is 0 Å². The van der Waals surface area contributed by atoms with Crippen LogP contribution in [-0.2, 0) is 9.47 Å². The summed E-state index contributed by atoms with van der Waals surface area (Å²) in [6.45, 7) is 1.90. The lowest BCUT2D eigenvalue weighted by Crippen LogP contribution is -2.33. The van der Waals surface area contributed by atoms with Crippen LogP contribution < -0.4 is 5.32 Å². The van der Waals surface area contributed by atoms with E-state index < -0.39 is 12.2 Å². The van der Waals surface area contributed by atoms with Crippen molar-refractivity contribution in [3.05, 3.63) is 0 Å². The Balaban J connectivity index is 4.21. The number of hydrogen-bond donors (Lipinski definition) is 2. The van der Waals surface area contributed by atoms with Crippen molar-refractivity contribution in [3.63, 3.8) is 0 Å². The highest BCUT2D eigenvalue weighted by Crippen LogP contribution is 1.87. The van der Waals surface area contributed by atoms with Crippen molar-refractivity contribution < 1.29 is 19.1 Å². The molecule has 0 spiro atoms. The van der Waals surface area contributed by atoms with Crippen LogP contribution in [0.1, 0.15) is 6.92 Å². The quantitative estimate of drug-likeness (QED) is 0.410. The Morgan fingerprint density at radius 1 is 1.50 bits per heavy atom. The number of nitrogens with zero attached hydrogens (tertiary/aromatic N) is 1. The maximum atomic E-state index is 10.9. The van der Waals surface area contributed by atoms with Crippen LogP contribution in [0.2, 0.25) is 0 Å². The lowest BCUT2D eigenvalue weighted by molar-refractivity contribution is 0.157. The molecule has 0 atom stereocenters. The molecular weight excluding hydrogens is 208 g/mol. The fraction of sp³-hybridized carbons (Fsp3) is 0.571. The molecular formula is C7H12N2O4S. The summed E-state index contributed by atoms with van der Waals surface area (Å²) in [5.41, 5.74) is 0. The lowest BCUT2D eigenvalue weighted by atomic mass is 10.6. The fourth-order valence-corrected chi connectivity index (χ4v) is 0.693. The second-order valence-corrected chi connectivity index (χ2v) is 2.35. The van der Waals surface area contributed by atoms with Crippen molar-refractivity contribution in [1.82, 2.24) is 5.32 Å². The van der Waals surface area contributed by atoms with Crippen molar-refractivity contribution in [2.75, 3.05) is 19.5 Å². The first-order valence-electron chi connectivity index (χ1n) is 3.84. The molecule has 80 valence electrons. The van der Waals surface area contributed by atoms with E-state index in [-0.39, 0.29) is 18.2 Å². The van der Waals surface area contributed by atoms with E-state index in [1.54, 1.807) is 6.92 Å². The second-order valence-electron chi connectivity index (χ2n) is 2.03. The summed E-state index contributed by atoms with van der Waals surface area (Å²) in [6, 6.07) is 0. The van der Waals surface area contributed by atoms with Gasteiger partial charge in [-0.3, -0.25) is 5.32 Å². The Bertz CT molecular complexity index is 242. The Hall–Kier alpha value is -1.24. The summed E-state index contributed by atoms with van der Waals surface area (Å²) in [7, 11) is 1.19. The molecule has 0 aromatic carbocycles. The third-order valence-electron chi connectivity index (χ3n) is 1.07. The van der Waals surface area contributed by atoms with E-state index in [1.165, 1.54) is 7.11 Å². The first kappa shape index (κ1) is 12.8. The number of amides is 2. The predicted octanol–water partition coefficient (Wildman–Crippen LogP) is 0.827. The second kappa shape index (κ2) is 7.19. The number of hydrogen-bond acceptors (Lipinski definition) is 5. The minimum absolute atomic E-state index is 0.0821. The normalized spacial score (nSPS) is 10.6. The molecule has 0 rings (SSSR count). The summed E-state index contributed by atoms with van der Waals surface area (Å²) >= 11 is 3.86. The Morgan fingerprint density at radius 2 is 2.14 bits per heavy atom. The number of methoxy groups -OCH3 is 1. The van der Waals surface area contributed by atoms with Gasteiger partial charge in [-0.15, -0.1) is 0 Å². The first-order chi connectivity index (χ1) is 6.63. The number of rotatable bonds is 2. The van der Waals surface area contributed by atoms with Crippen LogP contribution in [0, 0.1) is 0 Å². The van der Waals surface area contributed by atoms with Crippen LogP contribution in [0.25, 0.3) is 0 Å². The molecule has 0 aromatic rings. The van der Waals surface area contributed by atoms with Gasteiger partial charge in [-0.05, 0) is 6.92 Å².